The van der Waals surface area contributed by atoms with Crippen LogP contribution in [0.2, 0.25) is 0 Å². The lowest BCUT2D eigenvalue weighted by Gasteiger charge is -2.11. The van der Waals surface area contributed by atoms with E-state index in [4.69, 9.17) is 0 Å². The Labute approximate surface area is 166 Å². The van der Waals surface area contributed by atoms with E-state index in [9.17, 15) is 0 Å². The van der Waals surface area contributed by atoms with Gasteiger partial charge in [0.25, 0.3) is 0 Å². The van der Waals surface area contributed by atoms with E-state index >= 15 is 0 Å². The normalized spacial score (nSPS) is 11.0. The molecule has 24 heavy (non-hydrogen) atoms. The Morgan fingerprint density at radius 1 is 0.667 bits per heavy atom. The summed E-state index contributed by atoms with van der Waals surface area (Å²) in [5.41, 5.74) is 0. The minimum absolute atomic E-state index is 1.21. The molecule has 119 valence electrons. The predicted octanol–water partition coefficient (Wildman–Crippen LogP) is 8.12. The lowest BCUT2D eigenvalue weighted by Crippen LogP contribution is -1.83. The van der Waals surface area contributed by atoms with E-state index in [0.717, 1.165) is 0 Å². The van der Waals surface area contributed by atoms with E-state index < -0.39 is 0 Å². The van der Waals surface area contributed by atoms with Crippen LogP contribution in [0.3, 0.4) is 0 Å². The zero-order valence-electron chi connectivity index (χ0n) is 12.3. The van der Waals surface area contributed by atoms with Crippen molar-refractivity contribution >= 4 is 69.3 Å². The molecule has 3 heterocycles. The molecule has 1 aromatic carbocycles. The molecule has 0 spiro atoms. The minimum atomic E-state index is 1.21. The molecular formula is C18H11S6. The first kappa shape index (κ1) is 16.8. The van der Waals surface area contributed by atoms with Gasteiger partial charge in [0.05, 0.1) is 12.6 Å². The summed E-state index contributed by atoms with van der Waals surface area (Å²) < 4.78 is 3.94. The highest BCUT2D eigenvalue weighted by Crippen LogP contribution is 2.47. The Morgan fingerprint density at radius 2 is 1.25 bits per heavy atom. The monoisotopic (exact) mass is 419 g/mol. The standard InChI is InChI=1S/C18H11S6/c1-5-13(22-15-7-2-10-19-15)18(24-17-9-4-12-21-17)14(6-1)23-16-8-3-11-20-16/h1-5,7-12H. The topological polar surface area (TPSA) is 0 Å². The van der Waals surface area contributed by atoms with Crippen molar-refractivity contribution in [3.8, 4) is 0 Å². The molecule has 0 aliphatic carbocycles. The number of thiophene rings is 3. The third-order valence-electron chi connectivity index (χ3n) is 2.98. The molecule has 0 nitrogen and oxygen atoms in total. The van der Waals surface area contributed by atoms with Gasteiger partial charge in [0.1, 0.15) is 0 Å². The Morgan fingerprint density at radius 3 is 1.83 bits per heavy atom. The van der Waals surface area contributed by atoms with Gasteiger partial charge in [0.15, 0.2) is 0 Å². The SMILES string of the molecule is [c]1ccc(Sc2cccs2)c(Sc2cccs2)c1Sc1cccs1. The maximum atomic E-state index is 3.45. The van der Waals surface area contributed by atoms with Crippen LogP contribution in [0.4, 0.5) is 0 Å². The summed E-state index contributed by atoms with van der Waals surface area (Å²) in [4.78, 5) is 3.81. The van der Waals surface area contributed by atoms with Crippen LogP contribution in [0.1, 0.15) is 0 Å². The van der Waals surface area contributed by atoms with E-state index in [-0.39, 0.29) is 0 Å². The van der Waals surface area contributed by atoms with Gasteiger partial charge in [-0.2, -0.15) is 0 Å². The number of hydrogen-bond donors (Lipinski definition) is 0. The van der Waals surface area contributed by atoms with Crippen LogP contribution >= 0.6 is 69.3 Å². The van der Waals surface area contributed by atoms with Crippen molar-refractivity contribution in [3.05, 3.63) is 70.7 Å². The Balaban J connectivity index is 1.71. The van der Waals surface area contributed by atoms with Gasteiger partial charge < -0.3 is 0 Å². The first-order valence-electron chi connectivity index (χ1n) is 7.07. The van der Waals surface area contributed by atoms with E-state index in [1.807, 2.05) is 29.6 Å². The summed E-state index contributed by atoms with van der Waals surface area (Å²) >= 11 is 10.8. The molecule has 0 amide bonds. The average molecular weight is 420 g/mol. The maximum absolute atomic E-state index is 3.45. The minimum Gasteiger partial charge on any atom is -0.137 e. The predicted molar refractivity (Wildman–Crippen MR) is 111 cm³/mol. The summed E-state index contributed by atoms with van der Waals surface area (Å²) in [5, 5.41) is 6.39. The smallest absolute Gasteiger partial charge is 0.0647 e. The number of rotatable bonds is 6. The van der Waals surface area contributed by atoms with Crippen LogP contribution < -0.4 is 0 Å². The van der Waals surface area contributed by atoms with Crippen LogP contribution in [-0.2, 0) is 0 Å². The molecule has 0 N–H and O–H groups in total. The van der Waals surface area contributed by atoms with Gasteiger partial charge in [0.2, 0.25) is 0 Å². The van der Waals surface area contributed by atoms with Gasteiger partial charge in [-0.25, -0.2) is 0 Å². The van der Waals surface area contributed by atoms with Gasteiger partial charge in [-0.05, 0) is 46.5 Å². The highest BCUT2D eigenvalue weighted by atomic mass is 32.2. The Hall–Kier alpha value is -0.630. The fourth-order valence-corrected chi connectivity index (χ4v) is 7.77. The molecule has 0 bridgehead atoms. The van der Waals surface area contributed by atoms with E-state index in [2.05, 4.69) is 64.7 Å². The molecule has 1 radical (unpaired) electrons. The van der Waals surface area contributed by atoms with Crippen molar-refractivity contribution in [2.45, 2.75) is 27.3 Å². The van der Waals surface area contributed by atoms with E-state index in [1.165, 1.54) is 27.3 Å². The molecule has 0 saturated heterocycles. The molecule has 6 heteroatoms. The highest BCUT2D eigenvalue weighted by molar-refractivity contribution is 8.05. The van der Waals surface area contributed by atoms with Crippen LogP contribution in [0, 0.1) is 6.07 Å². The molecular weight excluding hydrogens is 409 g/mol. The van der Waals surface area contributed by atoms with Crippen molar-refractivity contribution < 1.29 is 0 Å². The van der Waals surface area contributed by atoms with Crippen molar-refractivity contribution in [1.82, 2.24) is 0 Å². The lowest BCUT2D eigenvalue weighted by molar-refractivity contribution is 1.11. The molecule has 0 atom stereocenters. The molecule has 0 saturated carbocycles. The second kappa shape index (κ2) is 8.17. The highest BCUT2D eigenvalue weighted by Gasteiger charge is 2.14. The van der Waals surface area contributed by atoms with Crippen molar-refractivity contribution in [2.75, 3.05) is 0 Å². The van der Waals surface area contributed by atoms with Crippen molar-refractivity contribution in [2.24, 2.45) is 0 Å². The average Bonchev–Trinajstić information content (AvgIpc) is 3.34. The second-order valence-electron chi connectivity index (χ2n) is 4.60. The molecule has 0 aliphatic heterocycles. The number of hydrogen-bond acceptors (Lipinski definition) is 6. The fourth-order valence-electron chi connectivity index (χ4n) is 1.97. The van der Waals surface area contributed by atoms with Gasteiger partial charge in [-0.15, -0.1) is 34.0 Å². The molecule has 4 rings (SSSR count). The Kier molecular flexibility index (Phi) is 5.72. The molecule has 4 aromatic rings. The van der Waals surface area contributed by atoms with Crippen LogP contribution in [0.25, 0.3) is 0 Å². The van der Waals surface area contributed by atoms with E-state index in [1.54, 1.807) is 45.8 Å². The third-order valence-corrected chi connectivity index (χ3v) is 9.57. The summed E-state index contributed by atoms with van der Waals surface area (Å²) in [5.74, 6) is 0. The lowest BCUT2D eigenvalue weighted by atomic mass is 10.4. The van der Waals surface area contributed by atoms with Crippen LogP contribution in [0.5, 0.6) is 0 Å². The van der Waals surface area contributed by atoms with Crippen molar-refractivity contribution in [3.63, 3.8) is 0 Å². The van der Waals surface area contributed by atoms with Crippen molar-refractivity contribution in [1.29, 1.82) is 0 Å². The molecule has 0 aliphatic rings. The van der Waals surface area contributed by atoms with Gasteiger partial charge in [0, 0.05) is 14.7 Å². The summed E-state index contributed by atoms with van der Waals surface area (Å²) in [6.45, 7) is 0. The first-order valence-corrected chi connectivity index (χ1v) is 12.2. The fraction of sp³-hybridized carbons (Fsp3) is 0. The summed E-state index contributed by atoms with van der Waals surface area (Å²) in [6.07, 6.45) is 0. The summed E-state index contributed by atoms with van der Waals surface area (Å²) in [6, 6.07) is 20.5. The Bertz CT molecular complexity index is 821. The molecule has 3 aromatic heterocycles. The number of benzene rings is 1. The van der Waals surface area contributed by atoms with E-state index in [0.29, 0.717) is 0 Å². The molecule has 0 unspecified atom stereocenters. The largest absolute Gasteiger partial charge is 0.137 e. The first-order chi connectivity index (χ1) is 11.9. The maximum Gasteiger partial charge on any atom is 0.0647 e. The van der Waals surface area contributed by atoms with Gasteiger partial charge in [-0.1, -0.05) is 59.6 Å². The van der Waals surface area contributed by atoms with Crippen LogP contribution in [-0.4, -0.2) is 0 Å². The van der Waals surface area contributed by atoms with Crippen LogP contribution in [0.15, 0.2) is 92.0 Å². The zero-order valence-corrected chi connectivity index (χ0v) is 17.2. The second-order valence-corrected chi connectivity index (χ2v) is 11.4. The third kappa shape index (κ3) is 4.12. The molecule has 0 fully saturated rings. The zero-order chi connectivity index (χ0) is 16.2. The van der Waals surface area contributed by atoms with Gasteiger partial charge in [-0.3, -0.25) is 0 Å². The summed E-state index contributed by atoms with van der Waals surface area (Å²) in [7, 11) is 0. The van der Waals surface area contributed by atoms with Gasteiger partial charge >= 0.3 is 0 Å². The quantitative estimate of drug-likeness (QED) is 0.310.